The summed E-state index contributed by atoms with van der Waals surface area (Å²) < 4.78 is 1.79. The minimum absolute atomic E-state index is 0.0275. The predicted molar refractivity (Wildman–Crippen MR) is 107 cm³/mol. The smallest absolute Gasteiger partial charge is 0.227 e. The first-order valence-electron chi connectivity index (χ1n) is 10.4. The van der Waals surface area contributed by atoms with Crippen molar-refractivity contribution in [2.45, 2.75) is 58.7 Å². The second kappa shape index (κ2) is 8.31. The molecule has 4 heterocycles. The van der Waals surface area contributed by atoms with Gasteiger partial charge in [0.25, 0.3) is 0 Å². The Balaban J connectivity index is 1.45. The molecule has 0 radical (unpaired) electrons. The average molecular weight is 396 g/mol. The van der Waals surface area contributed by atoms with Gasteiger partial charge in [0, 0.05) is 57.1 Å². The number of piperidine rings is 1. The Hall–Kier alpha value is -2.77. The summed E-state index contributed by atoms with van der Waals surface area (Å²) in [7, 11) is 0. The van der Waals surface area contributed by atoms with Crippen molar-refractivity contribution in [1.82, 2.24) is 29.5 Å². The molecule has 2 aliphatic heterocycles. The van der Waals surface area contributed by atoms with Crippen LogP contribution in [0.1, 0.15) is 56.2 Å². The van der Waals surface area contributed by atoms with Crippen molar-refractivity contribution in [3.8, 4) is 0 Å². The van der Waals surface area contributed by atoms with Crippen molar-refractivity contribution in [2.24, 2.45) is 5.92 Å². The zero-order chi connectivity index (χ0) is 20.4. The molecule has 0 unspecified atom stereocenters. The van der Waals surface area contributed by atoms with E-state index in [-0.39, 0.29) is 23.8 Å². The van der Waals surface area contributed by atoms with Crippen molar-refractivity contribution in [2.75, 3.05) is 13.1 Å². The van der Waals surface area contributed by atoms with Gasteiger partial charge in [0.1, 0.15) is 0 Å². The highest BCUT2D eigenvalue weighted by Crippen LogP contribution is 2.30. The van der Waals surface area contributed by atoms with Gasteiger partial charge < -0.3 is 9.80 Å². The van der Waals surface area contributed by atoms with E-state index in [1.54, 1.807) is 17.8 Å². The molecule has 2 atom stereocenters. The molecule has 8 heteroatoms. The number of rotatable bonds is 4. The summed E-state index contributed by atoms with van der Waals surface area (Å²) in [4.78, 5) is 38.0. The molecule has 4 rings (SSSR count). The molecular formula is C21H28N6O2. The Bertz CT molecular complexity index is 881. The van der Waals surface area contributed by atoms with Crippen LogP contribution in [0.25, 0.3) is 0 Å². The topological polar surface area (TPSA) is 84.2 Å². The van der Waals surface area contributed by atoms with Crippen LogP contribution < -0.4 is 0 Å². The maximum absolute atomic E-state index is 12.9. The molecule has 0 aliphatic carbocycles. The third kappa shape index (κ3) is 4.16. The molecular weight excluding hydrogens is 368 g/mol. The summed E-state index contributed by atoms with van der Waals surface area (Å²) in [6.07, 6.45) is 9.21. The van der Waals surface area contributed by atoms with Crippen LogP contribution in [0.3, 0.4) is 0 Å². The van der Waals surface area contributed by atoms with Gasteiger partial charge in [0.05, 0.1) is 24.2 Å². The lowest BCUT2D eigenvalue weighted by Gasteiger charge is -2.35. The highest BCUT2D eigenvalue weighted by Gasteiger charge is 2.30. The number of likely N-dealkylation sites (tertiary alicyclic amines) is 1. The van der Waals surface area contributed by atoms with E-state index in [2.05, 4.69) is 10.1 Å². The molecule has 0 bridgehead atoms. The zero-order valence-corrected chi connectivity index (χ0v) is 17.1. The quantitative estimate of drug-likeness (QED) is 0.789. The summed E-state index contributed by atoms with van der Waals surface area (Å²) in [5.74, 6) is 0.817. The van der Waals surface area contributed by atoms with Gasteiger partial charge in [-0.1, -0.05) is 6.92 Å². The minimum atomic E-state index is -0.136. The Labute approximate surface area is 170 Å². The number of fused-ring (bicyclic) bond motifs is 1. The molecule has 1 saturated heterocycles. The number of carbonyl (C=O) groups excluding carboxylic acids is 2. The molecule has 2 aromatic rings. The molecule has 0 spiro atoms. The largest absolute Gasteiger partial charge is 0.338 e. The van der Waals surface area contributed by atoms with Crippen LogP contribution in [0, 0.1) is 5.92 Å². The molecule has 29 heavy (non-hydrogen) atoms. The molecule has 0 N–H and O–H groups in total. The normalized spacial score (nSPS) is 20.3. The number of nitrogens with zero attached hydrogens (tertiary/aromatic N) is 6. The predicted octanol–water partition coefficient (Wildman–Crippen LogP) is 1.97. The van der Waals surface area contributed by atoms with E-state index in [9.17, 15) is 9.59 Å². The van der Waals surface area contributed by atoms with E-state index >= 15 is 0 Å². The minimum Gasteiger partial charge on any atom is -0.338 e. The lowest BCUT2D eigenvalue weighted by Crippen LogP contribution is -2.41. The zero-order valence-electron chi connectivity index (χ0n) is 17.1. The summed E-state index contributed by atoms with van der Waals surface area (Å²) in [5.41, 5.74) is 2.01. The third-order valence-electron chi connectivity index (χ3n) is 5.91. The van der Waals surface area contributed by atoms with Crippen molar-refractivity contribution in [3.63, 3.8) is 0 Å². The van der Waals surface area contributed by atoms with Gasteiger partial charge in [-0.15, -0.1) is 0 Å². The van der Waals surface area contributed by atoms with Gasteiger partial charge in [-0.2, -0.15) is 5.10 Å². The summed E-state index contributed by atoms with van der Waals surface area (Å²) in [5, 5.41) is 4.19. The Morgan fingerprint density at radius 2 is 2.14 bits per heavy atom. The van der Waals surface area contributed by atoms with Crippen LogP contribution in [0.2, 0.25) is 0 Å². The number of carbonyl (C=O) groups is 2. The van der Waals surface area contributed by atoms with Crippen LogP contribution >= 0.6 is 0 Å². The van der Waals surface area contributed by atoms with E-state index in [4.69, 9.17) is 4.98 Å². The van der Waals surface area contributed by atoms with E-state index in [0.717, 1.165) is 49.3 Å². The first-order chi connectivity index (χ1) is 14.0. The fraction of sp³-hybridized carbons (Fsp3) is 0.571. The van der Waals surface area contributed by atoms with Crippen molar-refractivity contribution >= 4 is 11.8 Å². The fourth-order valence-corrected chi connectivity index (χ4v) is 4.34. The van der Waals surface area contributed by atoms with Crippen molar-refractivity contribution in [3.05, 3.63) is 41.7 Å². The highest BCUT2D eigenvalue weighted by molar-refractivity contribution is 5.78. The molecule has 2 aliphatic rings. The molecule has 0 saturated carbocycles. The van der Waals surface area contributed by atoms with E-state index in [0.29, 0.717) is 19.6 Å². The number of hydrogen-bond acceptors (Lipinski definition) is 5. The van der Waals surface area contributed by atoms with Crippen LogP contribution in [0.4, 0.5) is 0 Å². The molecule has 1 fully saturated rings. The van der Waals surface area contributed by atoms with E-state index in [1.807, 2.05) is 35.2 Å². The molecule has 0 aromatic carbocycles. The Kier molecular flexibility index (Phi) is 5.60. The van der Waals surface area contributed by atoms with Crippen molar-refractivity contribution in [1.29, 1.82) is 0 Å². The third-order valence-corrected chi connectivity index (χ3v) is 5.91. The summed E-state index contributed by atoms with van der Waals surface area (Å²) in [6, 6.07) is 1.84. The molecule has 2 aromatic heterocycles. The lowest BCUT2D eigenvalue weighted by atomic mass is 10.00. The van der Waals surface area contributed by atoms with Crippen LogP contribution in [-0.2, 0) is 29.1 Å². The van der Waals surface area contributed by atoms with Gasteiger partial charge in [-0.25, -0.2) is 9.97 Å². The van der Waals surface area contributed by atoms with Gasteiger partial charge in [0.15, 0.2) is 5.82 Å². The maximum atomic E-state index is 12.9. The first-order valence-corrected chi connectivity index (χ1v) is 10.4. The van der Waals surface area contributed by atoms with Crippen LogP contribution in [0.15, 0.2) is 24.7 Å². The number of aromatic nitrogens is 4. The monoisotopic (exact) mass is 396 g/mol. The highest BCUT2D eigenvalue weighted by atomic mass is 16.2. The van der Waals surface area contributed by atoms with Gasteiger partial charge in [0.2, 0.25) is 11.8 Å². The van der Waals surface area contributed by atoms with Crippen molar-refractivity contribution < 1.29 is 9.59 Å². The summed E-state index contributed by atoms with van der Waals surface area (Å²) >= 11 is 0. The number of hydrogen-bond donors (Lipinski definition) is 0. The fourth-order valence-electron chi connectivity index (χ4n) is 4.34. The molecule has 8 nitrogen and oxygen atoms in total. The second-order valence-corrected chi connectivity index (χ2v) is 8.06. The van der Waals surface area contributed by atoms with Gasteiger partial charge in [-0.3, -0.25) is 14.3 Å². The van der Waals surface area contributed by atoms with Crippen LogP contribution in [0.5, 0.6) is 0 Å². The second-order valence-electron chi connectivity index (χ2n) is 8.06. The first kappa shape index (κ1) is 19.5. The van der Waals surface area contributed by atoms with Gasteiger partial charge >= 0.3 is 0 Å². The van der Waals surface area contributed by atoms with E-state index in [1.165, 1.54) is 0 Å². The lowest BCUT2D eigenvalue weighted by molar-refractivity contribution is -0.136. The molecule has 154 valence electrons. The van der Waals surface area contributed by atoms with Crippen LogP contribution in [-0.4, -0.2) is 54.5 Å². The van der Waals surface area contributed by atoms with Gasteiger partial charge in [-0.05, 0) is 25.3 Å². The SMILES string of the molecule is CC(=O)N1CCCC[C@@H]1c1ncc2c(n1)CCN(C(=O)[C@H](C)Cn1cccn1)C2. The number of amides is 2. The molecule has 2 amide bonds. The summed E-state index contributed by atoms with van der Waals surface area (Å²) in [6.45, 7) is 6.11. The Morgan fingerprint density at radius 1 is 1.28 bits per heavy atom. The Morgan fingerprint density at radius 3 is 2.90 bits per heavy atom. The maximum Gasteiger partial charge on any atom is 0.227 e. The standard InChI is InChI=1S/C21H28N6O2/c1-15(13-26-9-5-8-23-26)21(29)25-11-7-18-17(14-25)12-22-20(24-18)19-6-3-4-10-27(19)16(2)28/h5,8-9,12,15,19H,3-4,6-7,10-11,13-14H2,1-2H3/t15-,19-/m1/s1. The average Bonchev–Trinajstić information content (AvgIpc) is 3.25. The van der Waals surface area contributed by atoms with E-state index < -0.39 is 0 Å².